The quantitative estimate of drug-likeness (QED) is 0.893. The van der Waals surface area contributed by atoms with Crippen molar-refractivity contribution in [1.29, 1.82) is 0 Å². The molecule has 1 aromatic carbocycles. The number of rotatable bonds is 4. The van der Waals surface area contributed by atoms with E-state index in [2.05, 4.69) is 15.9 Å². The summed E-state index contributed by atoms with van der Waals surface area (Å²) in [4.78, 5) is 11.2. The van der Waals surface area contributed by atoms with E-state index in [9.17, 15) is 13.2 Å². The van der Waals surface area contributed by atoms with Crippen molar-refractivity contribution in [1.82, 2.24) is 0 Å². The monoisotopic (exact) mass is 291 g/mol. The van der Waals surface area contributed by atoms with Crippen molar-refractivity contribution in [2.24, 2.45) is 5.14 Å². The van der Waals surface area contributed by atoms with E-state index in [1.807, 2.05) is 0 Å². The molecule has 82 valence electrons. The maximum atomic E-state index is 11.2. The van der Waals surface area contributed by atoms with Crippen LogP contribution in [0.25, 0.3) is 0 Å². The van der Waals surface area contributed by atoms with Gasteiger partial charge in [-0.1, -0.05) is 28.1 Å². The topological polar surface area (TPSA) is 77.2 Å². The van der Waals surface area contributed by atoms with E-state index in [1.54, 1.807) is 24.3 Å². The summed E-state index contributed by atoms with van der Waals surface area (Å²) in [6.45, 7) is 0. The van der Waals surface area contributed by atoms with Gasteiger partial charge in [-0.25, -0.2) is 13.6 Å². The summed E-state index contributed by atoms with van der Waals surface area (Å²) in [6.07, 6.45) is 0.0870. The number of nitrogens with two attached hydrogens (primary N) is 1. The molecule has 0 spiro atoms. The molecule has 15 heavy (non-hydrogen) atoms. The highest BCUT2D eigenvalue weighted by molar-refractivity contribution is 9.10. The Hall–Kier alpha value is -0.720. The third kappa shape index (κ3) is 5.06. The van der Waals surface area contributed by atoms with Gasteiger partial charge in [0.2, 0.25) is 10.0 Å². The molecule has 2 N–H and O–H groups in total. The van der Waals surface area contributed by atoms with Crippen molar-refractivity contribution in [3.8, 4) is 0 Å². The molecule has 1 aromatic rings. The minimum absolute atomic E-state index is 0.0870. The highest BCUT2D eigenvalue weighted by atomic mass is 79.9. The second-order valence-corrected chi connectivity index (χ2v) is 5.68. The first-order chi connectivity index (χ1) is 6.87. The molecule has 0 atom stereocenters. The summed E-state index contributed by atoms with van der Waals surface area (Å²) >= 11 is 3.26. The Kier molecular flexibility index (Phi) is 4.01. The Morgan fingerprint density at radius 1 is 1.27 bits per heavy atom. The molecule has 0 radical (unpaired) electrons. The highest BCUT2D eigenvalue weighted by Crippen LogP contribution is 2.11. The normalized spacial score (nSPS) is 11.3. The SMILES string of the molecule is NS(=O)(=O)CC(=O)Cc1ccc(Br)cc1. The average molecular weight is 292 g/mol. The first kappa shape index (κ1) is 12.4. The van der Waals surface area contributed by atoms with Crippen LogP contribution < -0.4 is 5.14 Å². The van der Waals surface area contributed by atoms with E-state index in [-0.39, 0.29) is 6.42 Å². The van der Waals surface area contributed by atoms with Crippen LogP contribution in [0.5, 0.6) is 0 Å². The van der Waals surface area contributed by atoms with Crippen molar-refractivity contribution in [3.63, 3.8) is 0 Å². The van der Waals surface area contributed by atoms with Crippen LogP contribution in [0.4, 0.5) is 0 Å². The van der Waals surface area contributed by atoms with Gasteiger partial charge >= 0.3 is 0 Å². The van der Waals surface area contributed by atoms with Gasteiger partial charge in [-0.05, 0) is 17.7 Å². The molecule has 0 heterocycles. The predicted molar refractivity (Wildman–Crippen MR) is 60.8 cm³/mol. The number of hydrogen-bond acceptors (Lipinski definition) is 3. The summed E-state index contributed by atoms with van der Waals surface area (Å²) in [5.74, 6) is -1.01. The number of benzene rings is 1. The van der Waals surface area contributed by atoms with Crippen molar-refractivity contribution >= 4 is 31.7 Å². The predicted octanol–water partition coefficient (Wildman–Crippen LogP) is 0.849. The Bertz CT molecular complexity index is 453. The summed E-state index contributed by atoms with van der Waals surface area (Å²) in [6, 6.07) is 7.09. The van der Waals surface area contributed by atoms with Crippen LogP contribution in [-0.2, 0) is 21.2 Å². The van der Waals surface area contributed by atoms with E-state index in [0.29, 0.717) is 0 Å². The molecule has 6 heteroatoms. The Morgan fingerprint density at radius 2 is 1.80 bits per heavy atom. The molecule has 0 fully saturated rings. The molecule has 0 saturated heterocycles. The maximum absolute atomic E-state index is 11.2. The number of carbonyl (C=O) groups is 1. The Morgan fingerprint density at radius 3 is 2.27 bits per heavy atom. The van der Waals surface area contributed by atoms with Crippen molar-refractivity contribution < 1.29 is 13.2 Å². The Labute approximate surface area is 96.7 Å². The lowest BCUT2D eigenvalue weighted by atomic mass is 10.1. The first-order valence-corrected chi connectivity index (χ1v) is 6.64. The molecule has 4 nitrogen and oxygen atoms in total. The first-order valence-electron chi connectivity index (χ1n) is 4.13. The van der Waals surface area contributed by atoms with Crippen LogP contribution in [0.3, 0.4) is 0 Å². The molecule has 0 aliphatic carbocycles. The van der Waals surface area contributed by atoms with Crippen molar-refractivity contribution in [2.75, 3.05) is 5.75 Å². The summed E-state index contributed by atoms with van der Waals surface area (Å²) in [7, 11) is -3.71. The largest absolute Gasteiger partial charge is 0.298 e. The minimum atomic E-state index is -3.71. The Balaban J connectivity index is 2.63. The lowest BCUT2D eigenvalue weighted by molar-refractivity contribution is -0.116. The van der Waals surface area contributed by atoms with Crippen LogP contribution in [0.1, 0.15) is 5.56 Å². The third-order valence-corrected chi connectivity index (χ3v) is 2.93. The van der Waals surface area contributed by atoms with Crippen LogP contribution in [0.2, 0.25) is 0 Å². The van der Waals surface area contributed by atoms with Gasteiger partial charge in [0.05, 0.1) is 0 Å². The zero-order valence-electron chi connectivity index (χ0n) is 7.81. The fourth-order valence-corrected chi connectivity index (χ4v) is 1.92. The second-order valence-electron chi connectivity index (χ2n) is 3.15. The van der Waals surface area contributed by atoms with Gasteiger partial charge in [0, 0.05) is 10.9 Å². The van der Waals surface area contributed by atoms with E-state index in [1.165, 1.54) is 0 Å². The van der Waals surface area contributed by atoms with Crippen LogP contribution >= 0.6 is 15.9 Å². The number of halogens is 1. The van der Waals surface area contributed by atoms with Gasteiger partial charge in [-0.3, -0.25) is 4.79 Å². The summed E-state index contributed by atoms with van der Waals surface area (Å²) < 4.78 is 22.2. The molecule has 0 saturated carbocycles. The van der Waals surface area contributed by atoms with E-state index in [0.717, 1.165) is 10.0 Å². The van der Waals surface area contributed by atoms with Gasteiger partial charge in [0.15, 0.2) is 5.78 Å². The van der Waals surface area contributed by atoms with Crippen molar-refractivity contribution in [3.05, 3.63) is 34.3 Å². The molecular formula is C9H10BrNO3S. The average Bonchev–Trinajstić information content (AvgIpc) is 2.05. The third-order valence-electron chi connectivity index (χ3n) is 1.68. The minimum Gasteiger partial charge on any atom is -0.298 e. The number of hydrogen-bond donors (Lipinski definition) is 1. The van der Waals surface area contributed by atoms with E-state index < -0.39 is 21.6 Å². The van der Waals surface area contributed by atoms with E-state index >= 15 is 0 Å². The molecule has 1 rings (SSSR count). The number of carbonyl (C=O) groups excluding carboxylic acids is 1. The molecule has 0 amide bonds. The van der Waals surface area contributed by atoms with Crippen molar-refractivity contribution in [2.45, 2.75) is 6.42 Å². The number of ketones is 1. The van der Waals surface area contributed by atoms with Gasteiger partial charge in [-0.15, -0.1) is 0 Å². The molecular weight excluding hydrogens is 282 g/mol. The van der Waals surface area contributed by atoms with E-state index in [4.69, 9.17) is 5.14 Å². The van der Waals surface area contributed by atoms with Crippen LogP contribution in [-0.4, -0.2) is 20.0 Å². The van der Waals surface area contributed by atoms with Gasteiger partial charge in [0.25, 0.3) is 0 Å². The standard InChI is InChI=1S/C9H10BrNO3S/c10-8-3-1-7(2-4-8)5-9(12)6-15(11,13)14/h1-4H,5-6H2,(H2,11,13,14). The molecule has 0 aliphatic rings. The van der Waals surface area contributed by atoms with Crippen LogP contribution in [0, 0.1) is 0 Å². The summed E-state index contributed by atoms with van der Waals surface area (Å²) in [5.41, 5.74) is 0.770. The summed E-state index contributed by atoms with van der Waals surface area (Å²) in [5, 5.41) is 4.76. The highest BCUT2D eigenvalue weighted by Gasteiger charge is 2.11. The molecule has 0 aliphatic heterocycles. The molecule has 0 aromatic heterocycles. The second kappa shape index (κ2) is 4.87. The number of Topliss-reactive ketones (excluding diaryl/α,β-unsaturated/α-hetero) is 1. The fourth-order valence-electron chi connectivity index (χ4n) is 1.11. The lowest BCUT2D eigenvalue weighted by Crippen LogP contribution is -2.24. The number of primary sulfonamides is 1. The smallest absolute Gasteiger partial charge is 0.216 e. The maximum Gasteiger partial charge on any atom is 0.216 e. The van der Waals surface area contributed by atoms with Gasteiger partial charge in [-0.2, -0.15) is 0 Å². The number of sulfonamides is 1. The molecule has 0 bridgehead atoms. The molecule has 0 unspecified atom stereocenters. The zero-order chi connectivity index (χ0) is 11.5. The fraction of sp³-hybridized carbons (Fsp3) is 0.222. The van der Waals surface area contributed by atoms with Gasteiger partial charge < -0.3 is 0 Å². The zero-order valence-corrected chi connectivity index (χ0v) is 10.2. The van der Waals surface area contributed by atoms with Crippen LogP contribution in [0.15, 0.2) is 28.7 Å². The van der Waals surface area contributed by atoms with Gasteiger partial charge in [0.1, 0.15) is 5.75 Å². The lowest BCUT2D eigenvalue weighted by Gasteiger charge is -2.00.